The molecule has 1 aliphatic rings. The molecular formula is C14H31N3. The summed E-state index contributed by atoms with van der Waals surface area (Å²) in [6, 6.07) is 0.659. The molecule has 1 atom stereocenters. The van der Waals surface area contributed by atoms with Gasteiger partial charge in [-0.25, -0.2) is 0 Å². The normalized spacial score (nSPS) is 21.0. The molecule has 0 aromatic heterocycles. The Bertz CT molecular complexity index is 188. The first-order valence-electron chi connectivity index (χ1n) is 7.22. The fourth-order valence-corrected chi connectivity index (χ4v) is 2.42. The summed E-state index contributed by atoms with van der Waals surface area (Å²) in [6.45, 7) is 10.6. The Morgan fingerprint density at radius 1 is 1.35 bits per heavy atom. The standard InChI is InChI=1S/C14H31N3/c1-5-13(2)15-8-11-17(4)12-14-6-9-16(3)10-7-14/h13-15H,5-12H2,1-4H3. The van der Waals surface area contributed by atoms with E-state index in [4.69, 9.17) is 0 Å². The molecule has 1 saturated heterocycles. The van der Waals surface area contributed by atoms with Crippen LogP contribution in [0.2, 0.25) is 0 Å². The summed E-state index contributed by atoms with van der Waals surface area (Å²) in [5, 5.41) is 3.56. The van der Waals surface area contributed by atoms with Crippen molar-refractivity contribution >= 4 is 0 Å². The molecule has 0 amide bonds. The van der Waals surface area contributed by atoms with Crippen molar-refractivity contribution in [2.75, 3.05) is 46.8 Å². The average molecular weight is 241 g/mol. The van der Waals surface area contributed by atoms with Crippen molar-refractivity contribution in [1.82, 2.24) is 15.1 Å². The highest BCUT2D eigenvalue weighted by molar-refractivity contribution is 4.72. The molecule has 0 saturated carbocycles. The van der Waals surface area contributed by atoms with Gasteiger partial charge in [-0.15, -0.1) is 0 Å². The number of piperidine rings is 1. The maximum atomic E-state index is 3.56. The predicted octanol–water partition coefficient (Wildman–Crippen LogP) is 1.65. The molecule has 1 unspecified atom stereocenters. The van der Waals surface area contributed by atoms with E-state index in [0.29, 0.717) is 6.04 Å². The zero-order chi connectivity index (χ0) is 12.7. The summed E-state index contributed by atoms with van der Waals surface area (Å²) in [5.74, 6) is 0.916. The van der Waals surface area contributed by atoms with Crippen LogP contribution in [0.3, 0.4) is 0 Å². The van der Waals surface area contributed by atoms with Gasteiger partial charge in [-0.3, -0.25) is 0 Å². The van der Waals surface area contributed by atoms with Crippen molar-refractivity contribution < 1.29 is 0 Å². The summed E-state index contributed by atoms with van der Waals surface area (Å²) >= 11 is 0. The molecule has 102 valence electrons. The summed E-state index contributed by atoms with van der Waals surface area (Å²) in [7, 11) is 4.49. The number of likely N-dealkylation sites (tertiary alicyclic amines) is 1. The van der Waals surface area contributed by atoms with E-state index in [1.807, 2.05) is 0 Å². The highest BCUT2D eigenvalue weighted by Crippen LogP contribution is 2.16. The van der Waals surface area contributed by atoms with Gasteiger partial charge in [-0.2, -0.15) is 0 Å². The molecule has 1 fully saturated rings. The predicted molar refractivity (Wildman–Crippen MR) is 75.5 cm³/mol. The summed E-state index contributed by atoms with van der Waals surface area (Å²) in [4.78, 5) is 4.94. The van der Waals surface area contributed by atoms with Crippen LogP contribution < -0.4 is 5.32 Å². The lowest BCUT2D eigenvalue weighted by Gasteiger charge is -2.31. The monoisotopic (exact) mass is 241 g/mol. The molecule has 1 heterocycles. The van der Waals surface area contributed by atoms with E-state index in [0.717, 1.165) is 12.5 Å². The lowest BCUT2D eigenvalue weighted by Crippen LogP contribution is -2.39. The number of nitrogens with zero attached hydrogens (tertiary/aromatic N) is 2. The molecule has 0 aromatic carbocycles. The second-order valence-corrected chi connectivity index (χ2v) is 5.77. The second kappa shape index (κ2) is 8.06. The quantitative estimate of drug-likeness (QED) is 0.731. The van der Waals surface area contributed by atoms with Crippen LogP contribution in [0.1, 0.15) is 33.1 Å². The first-order chi connectivity index (χ1) is 8.11. The van der Waals surface area contributed by atoms with Gasteiger partial charge in [0.1, 0.15) is 0 Å². The van der Waals surface area contributed by atoms with Crippen LogP contribution in [0.15, 0.2) is 0 Å². The first-order valence-corrected chi connectivity index (χ1v) is 7.22. The molecule has 17 heavy (non-hydrogen) atoms. The lowest BCUT2D eigenvalue weighted by atomic mass is 9.97. The van der Waals surface area contributed by atoms with E-state index < -0.39 is 0 Å². The fourth-order valence-electron chi connectivity index (χ4n) is 2.42. The number of hydrogen-bond acceptors (Lipinski definition) is 3. The maximum absolute atomic E-state index is 3.56. The molecule has 1 rings (SSSR count). The third kappa shape index (κ3) is 6.39. The van der Waals surface area contributed by atoms with Crippen molar-refractivity contribution in [2.24, 2.45) is 5.92 Å². The van der Waals surface area contributed by atoms with Gasteiger partial charge in [0, 0.05) is 25.7 Å². The SMILES string of the molecule is CCC(C)NCCN(C)CC1CCN(C)CC1. The Kier molecular flexibility index (Phi) is 7.09. The topological polar surface area (TPSA) is 18.5 Å². The van der Waals surface area contributed by atoms with Crippen LogP contribution in [0.4, 0.5) is 0 Å². The first kappa shape index (κ1) is 14.9. The molecule has 0 aliphatic carbocycles. The van der Waals surface area contributed by atoms with Gasteiger partial charge in [0.15, 0.2) is 0 Å². The minimum absolute atomic E-state index is 0.659. The van der Waals surface area contributed by atoms with E-state index in [1.165, 1.54) is 45.4 Å². The molecule has 0 bridgehead atoms. The molecule has 0 spiro atoms. The minimum atomic E-state index is 0.659. The van der Waals surface area contributed by atoms with Gasteiger partial charge < -0.3 is 15.1 Å². The van der Waals surface area contributed by atoms with Crippen molar-refractivity contribution in [1.29, 1.82) is 0 Å². The number of hydrogen-bond donors (Lipinski definition) is 1. The van der Waals surface area contributed by atoms with Gasteiger partial charge in [-0.05, 0) is 59.3 Å². The number of nitrogens with one attached hydrogen (secondary N) is 1. The van der Waals surface area contributed by atoms with Gasteiger partial charge in [0.25, 0.3) is 0 Å². The second-order valence-electron chi connectivity index (χ2n) is 5.77. The van der Waals surface area contributed by atoms with E-state index >= 15 is 0 Å². The zero-order valence-corrected chi connectivity index (χ0v) is 12.2. The highest BCUT2D eigenvalue weighted by Gasteiger charge is 2.17. The van der Waals surface area contributed by atoms with E-state index in [-0.39, 0.29) is 0 Å². The van der Waals surface area contributed by atoms with Crippen molar-refractivity contribution in [3.05, 3.63) is 0 Å². The Balaban J connectivity index is 2.06. The van der Waals surface area contributed by atoms with Crippen LogP contribution >= 0.6 is 0 Å². The van der Waals surface area contributed by atoms with Crippen molar-refractivity contribution in [2.45, 2.75) is 39.2 Å². The summed E-state index contributed by atoms with van der Waals surface area (Å²) in [5.41, 5.74) is 0. The van der Waals surface area contributed by atoms with Gasteiger partial charge in [0.05, 0.1) is 0 Å². The number of rotatable bonds is 7. The van der Waals surface area contributed by atoms with E-state index in [1.54, 1.807) is 0 Å². The molecular weight excluding hydrogens is 210 g/mol. The van der Waals surface area contributed by atoms with Crippen molar-refractivity contribution in [3.63, 3.8) is 0 Å². The van der Waals surface area contributed by atoms with Crippen molar-refractivity contribution in [3.8, 4) is 0 Å². The molecule has 1 N–H and O–H groups in total. The molecule has 3 nitrogen and oxygen atoms in total. The summed E-state index contributed by atoms with van der Waals surface area (Å²) in [6.07, 6.45) is 3.97. The fraction of sp³-hybridized carbons (Fsp3) is 1.00. The van der Waals surface area contributed by atoms with Gasteiger partial charge in [-0.1, -0.05) is 6.92 Å². The average Bonchev–Trinajstić information content (AvgIpc) is 2.32. The van der Waals surface area contributed by atoms with E-state index in [2.05, 4.69) is 43.1 Å². The largest absolute Gasteiger partial charge is 0.313 e. The minimum Gasteiger partial charge on any atom is -0.313 e. The Morgan fingerprint density at radius 3 is 2.59 bits per heavy atom. The molecule has 0 aromatic rings. The van der Waals surface area contributed by atoms with E-state index in [9.17, 15) is 0 Å². The van der Waals surface area contributed by atoms with Crippen LogP contribution in [-0.4, -0.2) is 62.7 Å². The van der Waals surface area contributed by atoms with Crippen LogP contribution in [-0.2, 0) is 0 Å². The molecule has 3 heteroatoms. The van der Waals surface area contributed by atoms with Crippen LogP contribution in [0.25, 0.3) is 0 Å². The third-order valence-electron chi connectivity index (χ3n) is 4.01. The Labute approximate surface area is 108 Å². The zero-order valence-electron chi connectivity index (χ0n) is 12.2. The highest BCUT2D eigenvalue weighted by atomic mass is 15.1. The third-order valence-corrected chi connectivity index (χ3v) is 4.01. The van der Waals surface area contributed by atoms with Crippen LogP contribution in [0, 0.1) is 5.92 Å². The number of likely N-dealkylation sites (N-methyl/N-ethyl adjacent to an activating group) is 1. The van der Waals surface area contributed by atoms with Gasteiger partial charge in [0.2, 0.25) is 0 Å². The van der Waals surface area contributed by atoms with Crippen LogP contribution in [0.5, 0.6) is 0 Å². The molecule has 0 radical (unpaired) electrons. The Hall–Kier alpha value is -0.120. The Morgan fingerprint density at radius 2 is 2.00 bits per heavy atom. The smallest absolute Gasteiger partial charge is 0.0104 e. The summed E-state index contributed by atoms with van der Waals surface area (Å²) < 4.78 is 0. The lowest BCUT2D eigenvalue weighted by molar-refractivity contribution is 0.176. The molecule has 1 aliphatic heterocycles. The maximum Gasteiger partial charge on any atom is 0.0104 e. The van der Waals surface area contributed by atoms with Gasteiger partial charge >= 0.3 is 0 Å².